The summed E-state index contributed by atoms with van der Waals surface area (Å²) in [4.78, 5) is 11.1. The average Bonchev–Trinajstić information content (AvgIpc) is 2.35. The molecule has 0 atom stereocenters. The van der Waals surface area contributed by atoms with Crippen molar-refractivity contribution in [1.29, 1.82) is 0 Å². The molecule has 3 N–H and O–H groups in total. The van der Waals surface area contributed by atoms with Gasteiger partial charge in [0.2, 0.25) is 10.0 Å². The molecular formula is C11H14N2O4S2. The van der Waals surface area contributed by atoms with Crippen molar-refractivity contribution in [2.45, 2.75) is 5.75 Å². The summed E-state index contributed by atoms with van der Waals surface area (Å²) in [5.74, 6) is -0.916. The quantitative estimate of drug-likeness (QED) is 0.563. The first-order valence-corrected chi connectivity index (χ1v) is 7.33. The number of methoxy groups -OCH3 is 1. The molecule has 1 aromatic carbocycles. The van der Waals surface area contributed by atoms with Crippen LogP contribution >= 0.6 is 12.2 Å². The van der Waals surface area contributed by atoms with Crippen LogP contribution in [0.1, 0.15) is 11.1 Å². The largest absolute Gasteiger partial charge is 0.468 e. The minimum absolute atomic E-state index is 0.196. The van der Waals surface area contributed by atoms with E-state index in [1.54, 1.807) is 24.3 Å². The lowest BCUT2D eigenvalue weighted by Crippen LogP contribution is -2.31. The standard InChI is InChI=1S/C11H14N2O4S2/c1-17-10(14)6-13-19(15,16)7-8-3-2-4-9(5-8)11(12)18/h2-5,13H,6-7H2,1H3,(H2,12,18). The molecule has 1 aromatic rings. The van der Waals surface area contributed by atoms with Gasteiger partial charge < -0.3 is 10.5 Å². The highest BCUT2D eigenvalue weighted by Crippen LogP contribution is 2.08. The Balaban J connectivity index is 2.75. The smallest absolute Gasteiger partial charge is 0.320 e. The summed E-state index contributed by atoms with van der Waals surface area (Å²) in [7, 11) is -2.43. The summed E-state index contributed by atoms with van der Waals surface area (Å²) in [6.07, 6.45) is 0. The van der Waals surface area contributed by atoms with E-state index in [1.807, 2.05) is 0 Å². The van der Waals surface area contributed by atoms with Crippen molar-refractivity contribution < 1.29 is 17.9 Å². The van der Waals surface area contributed by atoms with Crippen LogP contribution in [0.4, 0.5) is 0 Å². The third-order valence-electron chi connectivity index (χ3n) is 2.23. The minimum atomic E-state index is -3.62. The number of benzene rings is 1. The first kappa shape index (κ1) is 15.5. The summed E-state index contributed by atoms with van der Waals surface area (Å²) in [5, 5.41) is 0. The molecule has 8 heteroatoms. The number of ether oxygens (including phenoxy) is 1. The van der Waals surface area contributed by atoms with Crippen LogP contribution in [0.15, 0.2) is 24.3 Å². The molecule has 0 saturated heterocycles. The molecule has 1 rings (SSSR count). The number of hydrogen-bond donors (Lipinski definition) is 2. The molecule has 0 spiro atoms. The molecule has 104 valence electrons. The van der Waals surface area contributed by atoms with E-state index in [4.69, 9.17) is 18.0 Å². The maximum absolute atomic E-state index is 11.7. The zero-order valence-electron chi connectivity index (χ0n) is 10.3. The van der Waals surface area contributed by atoms with Crippen LogP contribution in [0.3, 0.4) is 0 Å². The summed E-state index contributed by atoms with van der Waals surface area (Å²) in [6, 6.07) is 6.60. The molecule has 6 nitrogen and oxygen atoms in total. The highest BCUT2D eigenvalue weighted by Gasteiger charge is 2.14. The van der Waals surface area contributed by atoms with Crippen molar-refractivity contribution in [3.8, 4) is 0 Å². The van der Waals surface area contributed by atoms with Crippen molar-refractivity contribution in [2.75, 3.05) is 13.7 Å². The molecule has 0 aromatic heterocycles. The normalized spacial score (nSPS) is 11.0. The van der Waals surface area contributed by atoms with Gasteiger partial charge in [-0.05, 0) is 11.6 Å². The second kappa shape index (κ2) is 6.60. The lowest BCUT2D eigenvalue weighted by molar-refractivity contribution is -0.139. The van der Waals surface area contributed by atoms with Crippen LogP contribution in [-0.4, -0.2) is 33.0 Å². The lowest BCUT2D eigenvalue weighted by Gasteiger charge is -2.07. The molecule has 0 fully saturated rings. The van der Waals surface area contributed by atoms with E-state index in [-0.39, 0.29) is 10.7 Å². The van der Waals surface area contributed by atoms with Crippen LogP contribution in [-0.2, 0) is 25.3 Å². The maximum Gasteiger partial charge on any atom is 0.320 e. The molecule has 0 radical (unpaired) electrons. The SMILES string of the molecule is COC(=O)CNS(=O)(=O)Cc1cccc(C(N)=S)c1. The summed E-state index contributed by atoms with van der Waals surface area (Å²) >= 11 is 4.82. The second-order valence-electron chi connectivity index (χ2n) is 3.72. The molecular weight excluding hydrogens is 288 g/mol. The van der Waals surface area contributed by atoms with Gasteiger partial charge >= 0.3 is 5.97 Å². The van der Waals surface area contributed by atoms with E-state index in [0.717, 1.165) is 0 Å². The van der Waals surface area contributed by atoms with E-state index >= 15 is 0 Å². The summed E-state index contributed by atoms with van der Waals surface area (Å²) in [6.45, 7) is -0.395. The zero-order chi connectivity index (χ0) is 14.5. The third-order valence-corrected chi connectivity index (χ3v) is 3.77. The van der Waals surface area contributed by atoms with E-state index in [2.05, 4.69) is 9.46 Å². The fourth-order valence-corrected chi connectivity index (χ4v) is 2.51. The topological polar surface area (TPSA) is 98.5 Å². The first-order chi connectivity index (χ1) is 8.84. The highest BCUT2D eigenvalue weighted by molar-refractivity contribution is 7.88. The number of esters is 1. The van der Waals surface area contributed by atoms with Gasteiger partial charge in [-0.3, -0.25) is 4.79 Å². The highest BCUT2D eigenvalue weighted by atomic mass is 32.2. The van der Waals surface area contributed by atoms with Gasteiger partial charge in [0.25, 0.3) is 0 Å². The second-order valence-corrected chi connectivity index (χ2v) is 5.97. The number of rotatable bonds is 6. The Bertz CT molecular complexity index is 584. The number of sulfonamides is 1. The van der Waals surface area contributed by atoms with E-state index in [1.165, 1.54) is 7.11 Å². The molecule has 0 aliphatic heterocycles. The average molecular weight is 302 g/mol. The Morgan fingerprint density at radius 1 is 1.47 bits per heavy atom. The van der Waals surface area contributed by atoms with Crippen LogP contribution in [0, 0.1) is 0 Å². The van der Waals surface area contributed by atoms with Gasteiger partial charge in [0.1, 0.15) is 11.5 Å². The van der Waals surface area contributed by atoms with Gasteiger partial charge in [-0.15, -0.1) is 0 Å². The number of thiocarbonyl (C=S) groups is 1. The fraction of sp³-hybridized carbons (Fsp3) is 0.273. The number of carbonyl (C=O) groups excluding carboxylic acids is 1. The van der Waals surface area contributed by atoms with Crippen LogP contribution in [0.5, 0.6) is 0 Å². The van der Waals surface area contributed by atoms with Crippen LogP contribution < -0.4 is 10.5 Å². The Hall–Kier alpha value is -1.51. The van der Waals surface area contributed by atoms with E-state index in [0.29, 0.717) is 11.1 Å². The van der Waals surface area contributed by atoms with Crippen molar-refractivity contribution in [2.24, 2.45) is 5.73 Å². The summed E-state index contributed by atoms with van der Waals surface area (Å²) in [5.41, 5.74) is 6.59. The molecule has 0 bridgehead atoms. The molecule has 0 aliphatic rings. The van der Waals surface area contributed by atoms with Gasteiger partial charge in [-0.25, -0.2) is 13.1 Å². The third kappa shape index (κ3) is 5.33. The Labute approximate surface area is 117 Å². The monoisotopic (exact) mass is 302 g/mol. The van der Waals surface area contributed by atoms with Gasteiger partial charge in [0, 0.05) is 5.56 Å². The number of carbonyl (C=O) groups is 1. The summed E-state index contributed by atoms with van der Waals surface area (Å²) < 4.78 is 29.9. The maximum atomic E-state index is 11.7. The molecule has 0 amide bonds. The van der Waals surface area contributed by atoms with Gasteiger partial charge in [-0.2, -0.15) is 0 Å². The first-order valence-electron chi connectivity index (χ1n) is 5.27. The molecule has 0 saturated carbocycles. The Morgan fingerprint density at radius 3 is 2.74 bits per heavy atom. The van der Waals surface area contributed by atoms with Crippen LogP contribution in [0.25, 0.3) is 0 Å². The Morgan fingerprint density at radius 2 is 2.16 bits per heavy atom. The van der Waals surface area contributed by atoms with Crippen molar-refractivity contribution in [1.82, 2.24) is 4.72 Å². The predicted octanol–water partition coefficient (Wildman–Crippen LogP) is -0.0868. The number of hydrogen-bond acceptors (Lipinski definition) is 5. The molecule has 0 unspecified atom stereocenters. The molecule has 0 heterocycles. The van der Waals surface area contributed by atoms with E-state index < -0.39 is 22.5 Å². The van der Waals surface area contributed by atoms with Gasteiger partial charge in [0.05, 0.1) is 12.9 Å². The fourth-order valence-electron chi connectivity index (χ4n) is 1.33. The van der Waals surface area contributed by atoms with Crippen LogP contribution in [0.2, 0.25) is 0 Å². The lowest BCUT2D eigenvalue weighted by atomic mass is 10.1. The van der Waals surface area contributed by atoms with Gasteiger partial charge in [0.15, 0.2) is 0 Å². The Kier molecular flexibility index (Phi) is 5.40. The molecule has 19 heavy (non-hydrogen) atoms. The van der Waals surface area contributed by atoms with Crippen molar-refractivity contribution in [3.05, 3.63) is 35.4 Å². The number of nitrogens with two attached hydrogens (primary N) is 1. The van der Waals surface area contributed by atoms with E-state index in [9.17, 15) is 13.2 Å². The number of nitrogens with one attached hydrogen (secondary N) is 1. The predicted molar refractivity (Wildman–Crippen MR) is 75.0 cm³/mol. The van der Waals surface area contributed by atoms with Crippen molar-refractivity contribution >= 4 is 33.2 Å². The van der Waals surface area contributed by atoms with Gasteiger partial charge in [-0.1, -0.05) is 30.4 Å². The minimum Gasteiger partial charge on any atom is -0.468 e. The molecule has 0 aliphatic carbocycles. The van der Waals surface area contributed by atoms with Crippen molar-refractivity contribution in [3.63, 3.8) is 0 Å². The zero-order valence-corrected chi connectivity index (χ0v) is 11.9.